The van der Waals surface area contributed by atoms with Gasteiger partial charge in [0.15, 0.2) is 0 Å². The Morgan fingerprint density at radius 3 is 2.18 bits per heavy atom. The van der Waals surface area contributed by atoms with Crippen molar-refractivity contribution in [3.8, 4) is 0 Å². The van der Waals surface area contributed by atoms with E-state index in [0.29, 0.717) is 10.0 Å². The molecule has 1 nitrogen and oxygen atoms in total. The van der Waals surface area contributed by atoms with Gasteiger partial charge < -0.3 is 4.74 Å². The van der Waals surface area contributed by atoms with E-state index in [1.807, 2.05) is 13.2 Å². The average molecular weight is 341 g/mol. The van der Waals surface area contributed by atoms with Crippen molar-refractivity contribution in [2.75, 3.05) is 7.11 Å². The molecule has 2 saturated carbocycles. The van der Waals surface area contributed by atoms with E-state index in [4.69, 9.17) is 27.9 Å². The van der Waals surface area contributed by atoms with Gasteiger partial charge in [0.25, 0.3) is 0 Å². The minimum absolute atomic E-state index is 0.0400. The van der Waals surface area contributed by atoms with Crippen LogP contribution in [0.3, 0.4) is 0 Å². The fourth-order valence-corrected chi connectivity index (χ4v) is 4.94. The Bertz CT molecular complexity index is 526. The minimum atomic E-state index is 0.0400. The Morgan fingerprint density at radius 2 is 1.64 bits per heavy atom. The van der Waals surface area contributed by atoms with Gasteiger partial charge in [-0.25, -0.2) is 0 Å². The topological polar surface area (TPSA) is 9.23 Å². The highest BCUT2D eigenvalue weighted by Crippen LogP contribution is 2.53. The van der Waals surface area contributed by atoms with Crippen LogP contribution in [-0.2, 0) is 10.2 Å². The fraction of sp³-hybridized carbons (Fsp3) is 0.684. The summed E-state index contributed by atoms with van der Waals surface area (Å²) in [7, 11) is 1.85. The van der Waals surface area contributed by atoms with Gasteiger partial charge in [0.1, 0.15) is 0 Å². The number of hydrogen-bond acceptors (Lipinski definition) is 1. The number of rotatable bonds is 3. The van der Waals surface area contributed by atoms with Gasteiger partial charge in [-0.05, 0) is 74.5 Å². The predicted molar refractivity (Wildman–Crippen MR) is 94.0 cm³/mol. The summed E-state index contributed by atoms with van der Waals surface area (Å²) in [6.07, 6.45) is 10.1. The summed E-state index contributed by atoms with van der Waals surface area (Å²) in [4.78, 5) is 0. The maximum Gasteiger partial charge on any atom is 0.0651 e. The summed E-state index contributed by atoms with van der Waals surface area (Å²) in [6, 6.07) is 6.31. The number of halogens is 2. The molecule has 0 atom stereocenters. The van der Waals surface area contributed by atoms with Crippen LogP contribution in [0.25, 0.3) is 0 Å². The van der Waals surface area contributed by atoms with Gasteiger partial charge in [-0.1, -0.05) is 42.1 Å². The van der Waals surface area contributed by atoms with Gasteiger partial charge in [0, 0.05) is 7.11 Å². The average Bonchev–Trinajstić information content (AvgIpc) is 3.06. The molecule has 0 amide bonds. The van der Waals surface area contributed by atoms with Crippen molar-refractivity contribution in [2.24, 2.45) is 5.92 Å². The predicted octanol–water partition coefficient (Wildman–Crippen LogP) is 6.40. The van der Waals surface area contributed by atoms with E-state index in [1.54, 1.807) is 0 Å². The second kappa shape index (κ2) is 6.34. The summed E-state index contributed by atoms with van der Waals surface area (Å²) >= 11 is 12.5. The molecule has 1 aromatic rings. The number of hydrogen-bond donors (Lipinski definition) is 0. The molecular weight excluding hydrogens is 315 g/mol. The van der Waals surface area contributed by atoms with Crippen LogP contribution >= 0.6 is 23.2 Å². The first-order valence-electron chi connectivity index (χ1n) is 8.50. The first kappa shape index (κ1) is 16.6. The quantitative estimate of drug-likeness (QED) is 0.618. The van der Waals surface area contributed by atoms with Gasteiger partial charge in [-0.15, -0.1) is 0 Å². The van der Waals surface area contributed by atoms with Crippen LogP contribution in [0, 0.1) is 5.92 Å². The fourth-order valence-electron chi connectivity index (χ4n) is 4.65. The van der Waals surface area contributed by atoms with Gasteiger partial charge in [-0.3, -0.25) is 0 Å². The third-order valence-electron chi connectivity index (χ3n) is 6.32. The van der Waals surface area contributed by atoms with Crippen LogP contribution in [0.15, 0.2) is 18.2 Å². The first-order valence-corrected chi connectivity index (χ1v) is 9.25. The number of ether oxygens (including phenoxy) is 1. The molecule has 2 fully saturated rings. The minimum Gasteiger partial charge on any atom is -0.379 e. The first-order chi connectivity index (χ1) is 10.5. The number of benzene rings is 1. The molecule has 22 heavy (non-hydrogen) atoms. The molecule has 0 aromatic heterocycles. The number of methoxy groups -OCH3 is 1. The zero-order valence-electron chi connectivity index (χ0n) is 13.6. The summed E-state index contributed by atoms with van der Waals surface area (Å²) in [6.45, 7) is 2.25. The third kappa shape index (κ3) is 2.92. The monoisotopic (exact) mass is 340 g/mol. The molecule has 3 rings (SSSR count). The lowest BCUT2D eigenvalue weighted by Gasteiger charge is -2.48. The van der Waals surface area contributed by atoms with E-state index in [-0.39, 0.29) is 11.0 Å². The van der Waals surface area contributed by atoms with E-state index in [2.05, 4.69) is 19.1 Å². The van der Waals surface area contributed by atoms with Crippen molar-refractivity contribution < 1.29 is 4.74 Å². The zero-order valence-corrected chi connectivity index (χ0v) is 15.1. The maximum atomic E-state index is 6.33. The van der Waals surface area contributed by atoms with Crippen LogP contribution in [-0.4, -0.2) is 12.7 Å². The highest BCUT2D eigenvalue weighted by Gasteiger charge is 2.47. The smallest absolute Gasteiger partial charge is 0.0651 e. The molecule has 0 heterocycles. The molecule has 0 N–H and O–H groups in total. The lowest BCUT2D eigenvalue weighted by Crippen LogP contribution is -2.44. The highest BCUT2D eigenvalue weighted by atomic mass is 35.5. The van der Waals surface area contributed by atoms with Crippen molar-refractivity contribution >= 4 is 23.2 Å². The van der Waals surface area contributed by atoms with Crippen molar-refractivity contribution in [1.29, 1.82) is 0 Å². The van der Waals surface area contributed by atoms with Gasteiger partial charge in [-0.2, -0.15) is 0 Å². The molecule has 0 unspecified atom stereocenters. The van der Waals surface area contributed by atoms with Crippen LogP contribution in [0.1, 0.15) is 63.9 Å². The summed E-state index contributed by atoms with van der Waals surface area (Å²) < 4.78 is 5.77. The lowest BCUT2D eigenvalue weighted by molar-refractivity contribution is -0.0475. The van der Waals surface area contributed by atoms with Crippen molar-refractivity contribution in [2.45, 2.75) is 69.3 Å². The molecule has 0 bridgehead atoms. The summed E-state index contributed by atoms with van der Waals surface area (Å²) in [5.41, 5.74) is 1.70. The third-order valence-corrected chi connectivity index (χ3v) is 7.06. The summed E-state index contributed by atoms with van der Waals surface area (Å²) in [5.74, 6) is 0.783. The van der Waals surface area contributed by atoms with E-state index in [1.165, 1.54) is 44.1 Å². The standard InChI is InChI=1S/C19H26Cl2O/c1-18(22-2)9-11-19(12-10-18,14-5-3-4-6-14)15-7-8-16(20)17(21)13-15/h7-8,13-14H,3-6,9-12H2,1-2H3. The normalized spacial score (nSPS) is 33.3. The highest BCUT2D eigenvalue weighted by molar-refractivity contribution is 6.42. The van der Waals surface area contributed by atoms with Gasteiger partial charge in [0.05, 0.1) is 15.6 Å². The second-order valence-corrected chi connectivity index (χ2v) is 8.23. The Morgan fingerprint density at radius 1 is 1.00 bits per heavy atom. The zero-order chi connectivity index (χ0) is 15.8. The SMILES string of the molecule is COC1(C)CCC(c2ccc(Cl)c(Cl)c2)(C2CCCC2)CC1. The Balaban J connectivity index is 1.95. The van der Waals surface area contributed by atoms with E-state index in [9.17, 15) is 0 Å². The molecule has 2 aliphatic rings. The van der Waals surface area contributed by atoms with Gasteiger partial charge >= 0.3 is 0 Å². The van der Waals surface area contributed by atoms with Crippen LogP contribution in [0.2, 0.25) is 10.0 Å². The Kier molecular flexibility index (Phi) is 4.79. The molecule has 1 aromatic carbocycles. The Labute approximate surface area is 144 Å². The largest absolute Gasteiger partial charge is 0.379 e. The van der Waals surface area contributed by atoms with Crippen molar-refractivity contribution in [1.82, 2.24) is 0 Å². The molecular formula is C19H26Cl2O. The molecule has 0 aliphatic heterocycles. The molecule has 122 valence electrons. The lowest BCUT2D eigenvalue weighted by atomic mass is 9.59. The van der Waals surface area contributed by atoms with Crippen LogP contribution in [0.5, 0.6) is 0 Å². The molecule has 0 spiro atoms. The summed E-state index contributed by atoms with van der Waals surface area (Å²) in [5, 5.41) is 1.35. The second-order valence-electron chi connectivity index (χ2n) is 7.42. The maximum absolute atomic E-state index is 6.33. The van der Waals surface area contributed by atoms with E-state index < -0.39 is 0 Å². The van der Waals surface area contributed by atoms with Crippen LogP contribution in [0.4, 0.5) is 0 Å². The van der Waals surface area contributed by atoms with Gasteiger partial charge in [0.2, 0.25) is 0 Å². The molecule has 2 aliphatic carbocycles. The molecule has 0 saturated heterocycles. The van der Waals surface area contributed by atoms with E-state index in [0.717, 1.165) is 18.8 Å². The molecule has 0 radical (unpaired) electrons. The van der Waals surface area contributed by atoms with Crippen molar-refractivity contribution in [3.63, 3.8) is 0 Å². The molecule has 3 heteroatoms. The van der Waals surface area contributed by atoms with E-state index >= 15 is 0 Å². The Hall–Kier alpha value is -0.240. The van der Waals surface area contributed by atoms with Crippen LogP contribution < -0.4 is 0 Å². The van der Waals surface area contributed by atoms with Crippen molar-refractivity contribution in [3.05, 3.63) is 33.8 Å².